The van der Waals surface area contributed by atoms with Crippen LogP contribution in [0.3, 0.4) is 0 Å². The number of nitrogens with one attached hydrogen (secondary N) is 2. The van der Waals surface area contributed by atoms with Crippen LogP contribution < -0.4 is 22.3 Å². The monoisotopic (exact) mass is 190 g/mol. The summed E-state index contributed by atoms with van der Waals surface area (Å²) in [6.45, 7) is 1.80. The smallest absolute Gasteiger partial charge is 0.0565 e. The van der Waals surface area contributed by atoms with Crippen LogP contribution in [0.5, 0.6) is 0 Å². The van der Waals surface area contributed by atoms with Gasteiger partial charge in [-0.1, -0.05) is 18.2 Å². The Morgan fingerprint density at radius 2 is 2.29 bits per heavy atom. The van der Waals surface area contributed by atoms with Gasteiger partial charge in [-0.15, -0.1) is 0 Å². The lowest BCUT2D eigenvalue weighted by Crippen LogP contribution is -2.16. The molecule has 0 bridgehead atoms. The molecule has 0 amide bonds. The average Bonchev–Trinajstić information content (AvgIpc) is 2.65. The van der Waals surface area contributed by atoms with E-state index in [0.29, 0.717) is 5.70 Å². The molecule has 1 heterocycles. The van der Waals surface area contributed by atoms with Crippen LogP contribution in [0.15, 0.2) is 24.4 Å². The number of benzene rings is 1. The Bertz CT molecular complexity index is 370. The Balaban J connectivity index is 2.44. The SMILES string of the molecule is NN/C=C(\N)c1cccc2c1CNC2. The summed E-state index contributed by atoms with van der Waals surface area (Å²) in [6.07, 6.45) is 1.61. The molecule has 14 heavy (non-hydrogen) atoms. The van der Waals surface area contributed by atoms with Crippen LogP contribution in [0.4, 0.5) is 0 Å². The Kier molecular flexibility index (Phi) is 2.39. The van der Waals surface area contributed by atoms with Gasteiger partial charge in [0.05, 0.1) is 5.70 Å². The lowest BCUT2D eigenvalue weighted by molar-refractivity contribution is 0.764. The summed E-state index contributed by atoms with van der Waals surface area (Å²) in [7, 11) is 0. The third-order valence-corrected chi connectivity index (χ3v) is 2.44. The van der Waals surface area contributed by atoms with Crippen molar-refractivity contribution in [3.05, 3.63) is 41.1 Å². The van der Waals surface area contributed by atoms with Crippen LogP contribution in [0, 0.1) is 0 Å². The highest BCUT2D eigenvalue weighted by Gasteiger charge is 2.14. The molecule has 2 rings (SSSR count). The number of fused-ring (bicyclic) bond motifs is 1. The number of rotatable bonds is 2. The van der Waals surface area contributed by atoms with E-state index in [-0.39, 0.29) is 0 Å². The second kappa shape index (κ2) is 3.69. The van der Waals surface area contributed by atoms with Gasteiger partial charge < -0.3 is 16.5 Å². The van der Waals surface area contributed by atoms with Gasteiger partial charge in [0.25, 0.3) is 0 Å². The molecule has 6 N–H and O–H groups in total. The third-order valence-electron chi connectivity index (χ3n) is 2.44. The van der Waals surface area contributed by atoms with Crippen molar-refractivity contribution in [1.29, 1.82) is 0 Å². The van der Waals surface area contributed by atoms with Crippen molar-refractivity contribution in [3.8, 4) is 0 Å². The summed E-state index contributed by atoms with van der Waals surface area (Å²) in [5.74, 6) is 5.19. The minimum atomic E-state index is 0.674. The Hall–Kier alpha value is -1.52. The van der Waals surface area contributed by atoms with Gasteiger partial charge in [-0.05, 0) is 11.1 Å². The van der Waals surface area contributed by atoms with Crippen molar-refractivity contribution >= 4 is 5.70 Å². The Morgan fingerprint density at radius 1 is 1.43 bits per heavy atom. The Morgan fingerprint density at radius 3 is 3.07 bits per heavy atom. The quantitative estimate of drug-likeness (QED) is 0.391. The van der Waals surface area contributed by atoms with Crippen molar-refractivity contribution in [2.24, 2.45) is 11.6 Å². The predicted octanol–water partition coefficient (Wildman–Crippen LogP) is 0.0102. The third kappa shape index (κ3) is 1.45. The molecule has 0 fully saturated rings. The van der Waals surface area contributed by atoms with E-state index in [9.17, 15) is 0 Å². The van der Waals surface area contributed by atoms with Gasteiger partial charge in [0.15, 0.2) is 0 Å². The zero-order valence-corrected chi connectivity index (χ0v) is 7.88. The standard InChI is InChI=1S/C10H14N4/c11-10(6-14-12)8-3-1-2-7-4-13-5-9(7)8/h1-3,6,13-14H,4-5,11-12H2/b10-6-. The van der Waals surface area contributed by atoms with Crippen molar-refractivity contribution in [1.82, 2.24) is 10.7 Å². The number of hydrogen-bond donors (Lipinski definition) is 4. The molecule has 1 aromatic carbocycles. The van der Waals surface area contributed by atoms with Gasteiger partial charge in [0.2, 0.25) is 0 Å². The lowest BCUT2D eigenvalue weighted by atomic mass is 10.0. The molecule has 0 aromatic heterocycles. The summed E-state index contributed by atoms with van der Waals surface area (Å²) < 4.78 is 0. The van der Waals surface area contributed by atoms with Crippen LogP contribution in [0.25, 0.3) is 5.70 Å². The van der Waals surface area contributed by atoms with Gasteiger partial charge in [-0.25, -0.2) is 0 Å². The van der Waals surface area contributed by atoms with Crippen LogP contribution >= 0.6 is 0 Å². The van der Waals surface area contributed by atoms with Gasteiger partial charge in [-0.3, -0.25) is 5.84 Å². The molecular weight excluding hydrogens is 176 g/mol. The van der Waals surface area contributed by atoms with Gasteiger partial charge in [0.1, 0.15) is 0 Å². The van der Waals surface area contributed by atoms with Crippen LogP contribution in [0.2, 0.25) is 0 Å². The molecule has 0 atom stereocenters. The second-order valence-electron chi connectivity index (χ2n) is 3.31. The summed E-state index contributed by atoms with van der Waals surface area (Å²) in [6, 6.07) is 6.13. The fourth-order valence-corrected chi connectivity index (χ4v) is 1.77. The molecule has 74 valence electrons. The molecule has 0 saturated heterocycles. The molecule has 4 nitrogen and oxygen atoms in total. The van der Waals surface area contributed by atoms with E-state index in [1.54, 1.807) is 6.20 Å². The van der Waals surface area contributed by atoms with Gasteiger partial charge >= 0.3 is 0 Å². The summed E-state index contributed by atoms with van der Waals surface area (Å²) in [5.41, 5.74) is 12.6. The molecule has 4 heteroatoms. The summed E-state index contributed by atoms with van der Waals surface area (Å²) >= 11 is 0. The maximum Gasteiger partial charge on any atom is 0.0565 e. The topological polar surface area (TPSA) is 76.1 Å². The van der Waals surface area contributed by atoms with E-state index in [0.717, 1.165) is 18.7 Å². The van der Waals surface area contributed by atoms with Crippen molar-refractivity contribution in [2.75, 3.05) is 0 Å². The molecule has 0 unspecified atom stereocenters. The van der Waals surface area contributed by atoms with Crippen LogP contribution in [-0.2, 0) is 13.1 Å². The number of hydrazine groups is 1. The van der Waals surface area contributed by atoms with E-state index in [1.165, 1.54) is 11.1 Å². The van der Waals surface area contributed by atoms with Crippen LogP contribution in [0.1, 0.15) is 16.7 Å². The van der Waals surface area contributed by atoms with E-state index >= 15 is 0 Å². The average molecular weight is 190 g/mol. The Labute approximate surface area is 82.9 Å². The second-order valence-corrected chi connectivity index (χ2v) is 3.31. The first kappa shape index (κ1) is 9.05. The van der Waals surface area contributed by atoms with Crippen molar-refractivity contribution < 1.29 is 0 Å². The normalized spacial score (nSPS) is 15.4. The number of hydrogen-bond acceptors (Lipinski definition) is 4. The number of nitrogens with two attached hydrogens (primary N) is 2. The molecule has 1 aliphatic rings. The van der Waals surface area contributed by atoms with Crippen molar-refractivity contribution in [3.63, 3.8) is 0 Å². The van der Waals surface area contributed by atoms with Crippen LogP contribution in [-0.4, -0.2) is 0 Å². The largest absolute Gasteiger partial charge is 0.397 e. The molecule has 0 spiro atoms. The first-order valence-corrected chi connectivity index (χ1v) is 4.56. The minimum absolute atomic E-state index is 0.674. The molecule has 0 saturated carbocycles. The zero-order chi connectivity index (χ0) is 9.97. The van der Waals surface area contributed by atoms with Crippen molar-refractivity contribution in [2.45, 2.75) is 13.1 Å². The highest BCUT2D eigenvalue weighted by Crippen LogP contribution is 2.22. The predicted molar refractivity (Wildman–Crippen MR) is 56.5 cm³/mol. The van der Waals surface area contributed by atoms with E-state index < -0.39 is 0 Å². The molecule has 0 radical (unpaired) electrons. The highest BCUT2D eigenvalue weighted by atomic mass is 15.2. The molecule has 1 aliphatic heterocycles. The maximum atomic E-state index is 5.87. The van der Waals surface area contributed by atoms with E-state index in [4.69, 9.17) is 11.6 Å². The minimum Gasteiger partial charge on any atom is -0.397 e. The highest BCUT2D eigenvalue weighted by molar-refractivity contribution is 5.67. The first-order valence-electron chi connectivity index (χ1n) is 4.56. The lowest BCUT2D eigenvalue weighted by Gasteiger charge is -2.07. The van der Waals surface area contributed by atoms with Gasteiger partial charge in [-0.2, -0.15) is 0 Å². The maximum absolute atomic E-state index is 5.87. The molecule has 0 aliphatic carbocycles. The summed E-state index contributed by atoms with van der Waals surface area (Å²) in [4.78, 5) is 0. The fourth-order valence-electron chi connectivity index (χ4n) is 1.77. The van der Waals surface area contributed by atoms with Gasteiger partial charge in [0, 0.05) is 24.9 Å². The summed E-state index contributed by atoms with van der Waals surface area (Å²) in [5, 5.41) is 3.29. The zero-order valence-electron chi connectivity index (χ0n) is 7.88. The fraction of sp³-hybridized carbons (Fsp3) is 0.200. The molecule has 1 aromatic rings. The molecular formula is C10H14N4. The van der Waals surface area contributed by atoms with E-state index in [2.05, 4.69) is 16.8 Å². The first-order chi connectivity index (χ1) is 6.83. The van der Waals surface area contributed by atoms with E-state index in [1.807, 2.05) is 12.1 Å².